The second-order valence-corrected chi connectivity index (χ2v) is 7.08. The van der Waals surface area contributed by atoms with Crippen LogP contribution < -0.4 is 22.6 Å². The molecule has 0 aromatic heterocycles. The zero-order valence-electron chi connectivity index (χ0n) is 13.2. The molecule has 2 fully saturated rings. The zero-order valence-corrected chi connectivity index (χ0v) is 14.0. The minimum atomic E-state index is 0. The maximum atomic E-state index is 9.88. The molecule has 118 valence electrons. The third-order valence-corrected chi connectivity index (χ3v) is 6.50. The van der Waals surface area contributed by atoms with Crippen molar-refractivity contribution in [3.8, 4) is 6.07 Å². The van der Waals surface area contributed by atoms with Gasteiger partial charge in [-0.1, -0.05) is 24.3 Å². The molecule has 1 spiro atoms. The van der Waals surface area contributed by atoms with Crippen molar-refractivity contribution in [3.05, 3.63) is 52.7 Å². The molecule has 4 aliphatic rings. The van der Waals surface area contributed by atoms with Gasteiger partial charge in [0.1, 0.15) is 6.04 Å². The summed E-state index contributed by atoms with van der Waals surface area (Å²) in [6.07, 6.45) is 4.55. The fourth-order valence-electron chi connectivity index (χ4n) is 5.61. The van der Waals surface area contributed by atoms with Gasteiger partial charge in [-0.15, -0.1) is 0 Å². The third kappa shape index (κ3) is 1.58. The normalized spacial score (nSPS) is 37.6. The van der Waals surface area contributed by atoms with Crippen molar-refractivity contribution < 1.29 is 17.3 Å². The maximum Gasteiger partial charge on any atom is 0.104 e. The van der Waals surface area contributed by atoms with Crippen LogP contribution in [0.2, 0.25) is 0 Å². The number of benzene rings is 1. The lowest BCUT2D eigenvalue weighted by Gasteiger charge is -2.45. The Bertz CT molecular complexity index is 788. The summed E-state index contributed by atoms with van der Waals surface area (Å²) in [4.78, 5) is 1.72. The Balaban J connectivity index is 0.00000135. The van der Waals surface area contributed by atoms with Crippen LogP contribution in [0.3, 0.4) is 0 Å². The van der Waals surface area contributed by atoms with Crippen LogP contribution in [0.1, 0.15) is 25.3 Å². The van der Waals surface area contributed by atoms with E-state index in [0.29, 0.717) is 12.0 Å². The molecular weight excluding hydrogens is 306 g/mol. The van der Waals surface area contributed by atoms with Gasteiger partial charge in [0.05, 0.1) is 30.1 Å². The first-order valence-electron chi connectivity index (χ1n) is 8.30. The van der Waals surface area contributed by atoms with Gasteiger partial charge in [-0.3, -0.25) is 0 Å². The summed E-state index contributed by atoms with van der Waals surface area (Å²) in [7, 11) is 0. The summed E-state index contributed by atoms with van der Waals surface area (Å²) < 4.78 is 0. The molecule has 3 aliphatic heterocycles. The van der Waals surface area contributed by atoms with Crippen molar-refractivity contribution in [3.63, 3.8) is 0 Å². The molecule has 1 aliphatic carbocycles. The average molecular weight is 326 g/mol. The monoisotopic (exact) mass is 325 g/mol. The number of piperidine rings is 1. The van der Waals surface area contributed by atoms with Crippen molar-refractivity contribution in [2.75, 3.05) is 18.4 Å². The molecule has 5 rings (SSSR count). The van der Waals surface area contributed by atoms with Gasteiger partial charge in [-0.2, -0.15) is 5.26 Å². The summed E-state index contributed by atoms with van der Waals surface area (Å²) in [5.74, 6) is 0.340. The van der Waals surface area contributed by atoms with Crippen LogP contribution >= 0.6 is 0 Å². The van der Waals surface area contributed by atoms with E-state index in [0.717, 1.165) is 18.5 Å². The molecular formula is C19H20ClN3. The van der Waals surface area contributed by atoms with Gasteiger partial charge in [0.2, 0.25) is 0 Å². The second-order valence-electron chi connectivity index (χ2n) is 7.08. The Kier molecular flexibility index (Phi) is 3.13. The Labute approximate surface area is 143 Å². The van der Waals surface area contributed by atoms with Gasteiger partial charge >= 0.3 is 0 Å². The van der Waals surface area contributed by atoms with Crippen molar-refractivity contribution in [2.45, 2.75) is 31.2 Å². The highest BCUT2D eigenvalue weighted by atomic mass is 35.5. The first kappa shape index (κ1) is 14.8. The van der Waals surface area contributed by atoms with E-state index >= 15 is 0 Å². The quantitative estimate of drug-likeness (QED) is 0.586. The Hall–Kier alpha value is -1.76. The largest absolute Gasteiger partial charge is 1.00 e. The summed E-state index contributed by atoms with van der Waals surface area (Å²) in [5.41, 5.74) is 6.42. The lowest BCUT2D eigenvalue weighted by Crippen LogP contribution is -3.16. The summed E-state index contributed by atoms with van der Waals surface area (Å²) in [6.45, 7) is 4.46. The van der Waals surface area contributed by atoms with E-state index < -0.39 is 0 Å². The number of rotatable bonds is 0. The van der Waals surface area contributed by atoms with Crippen LogP contribution in [0.4, 0.5) is 5.69 Å². The highest BCUT2D eigenvalue weighted by Gasteiger charge is 2.64. The molecule has 3 heterocycles. The summed E-state index contributed by atoms with van der Waals surface area (Å²) >= 11 is 0. The molecule has 0 amide bonds. The summed E-state index contributed by atoms with van der Waals surface area (Å²) in [6, 6.07) is 11.9. The van der Waals surface area contributed by atoms with Crippen molar-refractivity contribution >= 4 is 5.69 Å². The Morgan fingerprint density at radius 1 is 1.39 bits per heavy atom. The zero-order chi connectivity index (χ0) is 14.9. The number of nitrogens with zero attached hydrogens (tertiary/aromatic N) is 1. The number of quaternary nitrogens is 1. The van der Waals surface area contributed by atoms with Crippen LogP contribution in [0, 0.1) is 17.2 Å². The molecule has 4 atom stereocenters. The number of halogens is 1. The fraction of sp³-hybridized carbons (Fsp3) is 0.421. The molecule has 3 nitrogen and oxygen atoms in total. The SMILES string of the molecule is C/C=C1\C[NH+]2CCC34C(=C(C#N)[C@H]1C[C@@H]23)Nc1ccccc14.[Cl-]. The van der Waals surface area contributed by atoms with Crippen molar-refractivity contribution in [1.29, 1.82) is 5.26 Å². The van der Waals surface area contributed by atoms with E-state index in [1.54, 1.807) is 4.90 Å². The lowest BCUT2D eigenvalue weighted by atomic mass is 9.62. The topological polar surface area (TPSA) is 40.3 Å². The number of anilines is 1. The molecule has 4 heteroatoms. The first-order chi connectivity index (χ1) is 10.8. The van der Waals surface area contributed by atoms with Crippen LogP contribution in [-0.2, 0) is 5.41 Å². The van der Waals surface area contributed by atoms with Crippen LogP contribution in [0.5, 0.6) is 0 Å². The van der Waals surface area contributed by atoms with Gasteiger partial charge in [0.25, 0.3) is 0 Å². The van der Waals surface area contributed by atoms with Gasteiger partial charge in [0, 0.05) is 30.1 Å². The number of nitrogens with one attached hydrogen (secondary N) is 2. The molecule has 1 aromatic carbocycles. The third-order valence-electron chi connectivity index (χ3n) is 6.50. The van der Waals surface area contributed by atoms with Crippen molar-refractivity contribution in [2.24, 2.45) is 5.92 Å². The number of nitriles is 1. The van der Waals surface area contributed by atoms with Crippen LogP contribution in [-0.4, -0.2) is 19.1 Å². The number of allylic oxidation sites excluding steroid dienone is 2. The van der Waals surface area contributed by atoms with Gasteiger partial charge < -0.3 is 22.6 Å². The molecule has 2 N–H and O–H groups in total. The van der Waals surface area contributed by atoms with Gasteiger partial charge in [0.15, 0.2) is 0 Å². The number of hydrogen-bond acceptors (Lipinski definition) is 2. The van der Waals surface area contributed by atoms with E-state index in [1.165, 1.54) is 35.5 Å². The molecule has 0 saturated carbocycles. The van der Waals surface area contributed by atoms with E-state index in [2.05, 4.69) is 48.7 Å². The van der Waals surface area contributed by atoms with Crippen LogP contribution in [0.15, 0.2) is 47.2 Å². The highest BCUT2D eigenvalue weighted by molar-refractivity contribution is 5.72. The Morgan fingerprint density at radius 3 is 3.00 bits per heavy atom. The van der Waals surface area contributed by atoms with E-state index in [-0.39, 0.29) is 17.8 Å². The minimum Gasteiger partial charge on any atom is -1.00 e. The predicted octanol–water partition coefficient (Wildman–Crippen LogP) is -1.23. The predicted molar refractivity (Wildman–Crippen MR) is 85.3 cm³/mol. The number of para-hydroxylation sites is 1. The molecule has 2 saturated heterocycles. The number of hydrogen-bond donors (Lipinski definition) is 2. The second kappa shape index (κ2) is 4.87. The molecule has 0 radical (unpaired) electrons. The molecule has 1 aromatic rings. The number of fused-ring (bicyclic) bond motifs is 2. The van der Waals surface area contributed by atoms with E-state index in [9.17, 15) is 5.26 Å². The van der Waals surface area contributed by atoms with E-state index in [4.69, 9.17) is 0 Å². The molecule has 2 bridgehead atoms. The molecule has 2 unspecified atom stereocenters. The molecule has 23 heavy (non-hydrogen) atoms. The fourth-order valence-corrected chi connectivity index (χ4v) is 5.61. The lowest BCUT2D eigenvalue weighted by molar-refractivity contribution is -0.914. The van der Waals surface area contributed by atoms with Crippen molar-refractivity contribution in [1.82, 2.24) is 0 Å². The summed E-state index contributed by atoms with van der Waals surface area (Å²) in [5, 5.41) is 13.5. The smallest absolute Gasteiger partial charge is 0.104 e. The van der Waals surface area contributed by atoms with Gasteiger partial charge in [-0.25, -0.2) is 0 Å². The highest BCUT2D eigenvalue weighted by Crippen LogP contribution is 2.56. The standard InChI is InChI=1S/C19H19N3.ClH/c1-2-12-11-22-8-7-19-15-5-3-4-6-16(15)21-18(19)14(10-20)13(12)9-17(19)22;/h2-6,13,17,21H,7-9,11H2,1H3;1H/b12-2+;/t13-,17+,19?;/m0./s1. The van der Waals surface area contributed by atoms with Gasteiger partial charge in [-0.05, 0) is 24.1 Å². The van der Waals surface area contributed by atoms with E-state index in [1.807, 2.05) is 0 Å². The van der Waals surface area contributed by atoms with Crippen LogP contribution in [0.25, 0.3) is 0 Å². The Morgan fingerprint density at radius 2 is 2.22 bits per heavy atom. The first-order valence-corrected chi connectivity index (χ1v) is 8.30. The maximum absolute atomic E-state index is 9.88. The minimum absolute atomic E-state index is 0. The average Bonchev–Trinajstić information content (AvgIpc) is 3.11.